The summed E-state index contributed by atoms with van der Waals surface area (Å²) < 4.78 is 37.0. The maximum atomic E-state index is 12.0. The molecule has 74 valence electrons. The Kier molecular flexibility index (Phi) is 2.21. The molecule has 0 aliphatic rings. The highest BCUT2D eigenvalue weighted by Crippen LogP contribution is 2.31. The van der Waals surface area contributed by atoms with E-state index in [2.05, 4.69) is 4.98 Å². The van der Waals surface area contributed by atoms with Crippen molar-refractivity contribution < 1.29 is 18.3 Å². The average molecular weight is 195 g/mol. The third-order valence-corrected chi connectivity index (χ3v) is 1.49. The van der Waals surface area contributed by atoms with E-state index in [9.17, 15) is 13.2 Å². The van der Waals surface area contributed by atoms with Gasteiger partial charge in [-0.05, 0) is 0 Å². The smallest absolute Gasteiger partial charge is 0.382 e. The van der Waals surface area contributed by atoms with Gasteiger partial charge in [0.1, 0.15) is 11.6 Å². The molecule has 1 heterocycles. The first-order valence-corrected chi connectivity index (χ1v) is 3.36. The van der Waals surface area contributed by atoms with Crippen molar-refractivity contribution in [2.75, 3.05) is 5.73 Å². The Morgan fingerprint density at radius 1 is 1.62 bits per heavy atom. The number of nitrogens with two attached hydrogens (primary N) is 1. The van der Waals surface area contributed by atoms with Gasteiger partial charge in [0.05, 0.1) is 0 Å². The Labute approximate surface area is 71.8 Å². The number of aliphatic hydroxyl groups excluding tert-OH is 1. The lowest BCUT2D eigenvalue weighted by Crippen LogP contribution is -2.23. The summed E-state index contributed by atoms with van der Waals surface area (Å²) in [7, 11) is 1.33. The van der Waals surface area contributed by atoms with Crippen LogP contribution in [0.25, 0.3) is 0 Å². The van der Waals surface area contributed by atoms with Crippen LogP contribution < -0.4 is 5.73 Å². The topological polar surface area (TPSA) is 64.1 Å². The zero-order chi connectivity index (χ0) is 10.2. The first kappa shape index (κ1) is 9.85. The van der Waals surface area contributed by atoms with Crippen LogP contribution in [0.15, 0.2) is 6.20 Å². The third kappa shape index (κ3) is 1.92. The summed E-state index contributed by atoms with van der Waals surface area (Å²) in [5.41, 5.74) is 5.15. The van der Waals surface area contributed by atoms with Crippen LogP contribution in [0.3, 0.4) is 0 Å². The van der Waals surface area contributed by atoms with Gasteiger partial charge in [-0.1, -0.05) is 0 Å². The molecule has 0 amide bonds. The van der Waals surface area contributed by atoms with E-state index in [4.69, 9.17) is 10.8 Å². The Bertz CT molecular complexity index is 307. The lowest BCUT2D eigenvalue weighted by atomic mass is 10.3. The summed E-state index contributed by atoms with van der Waals surface area (Å²) in [6, 6.07) is 0. The molecule has 0 aromatic carbocycles. The highest BCUT2D eigenvalue weighted by molar-refractivity contribution is 5.26. The molecule has 1 atom stereocenters. The summed E-state index contributed by atoms with van der Waals surface area (Å²) in [5.74, 6) is -0.564. The number of aryl methyl sites for hydroxylation is 1. The zero-order valence-corrected chi connectivity index (χ0v) is 6.71. The van der Waals surface area contributed by atoms with Gasteiger partial charge < -0.3 is 15.4 Å². The van der Waals surface area contributed by atoms with Crippen molar-refractivity contribution in [3.05, 3.63) is 12.0 Å². The van der Waals surface area contributed by atoms with Crippen molar-refractivity contribution in [3.63, 3.8) is 0 Å². The number of aliphatic hydroxyl groups is 1. The maximum absolute atomic E-state index is 12.0. The Morgan fingerprint density at radius 3 is 2.46 bits per heavy atom. The number of nitrogens with zero attached hydrogens (tertiary/aromatic N) is 2. The normalized spacial score (nSPS) is 14.5. The first-order valence-electron chi connectivity index (χ1n) is 3.36. The molecule has 0 spiro atoms. The second-order valence-corrected chi connectivity index (χ2v) is 2.58. The van der Waals surface area contributed by atoms with Gasteiger partial charge in [-0.2, -0.15) is 13.2 Å². The van der Waals surface area contributed by atoms with Crippen molar-refractivity contribution in [2.45, 2.75) is 12.3 Å². The quantitative estimate of drug-likeness (QED) is 0.689. The molecule has 0 saturated carbocycles. The van der Waals surface area contributed by atoms with Crippen molar-refractivity contribution >= 4 is 5.82 Å². The van der Waals surface area contributed by atoms with Crippen LogP contribution in [0.4, 0.5) is 19.0 Å². The second kappa shape index (κ2) is 2.91. The van der Waals surface area contributed by atoms with Gasteiger partial charge in [0.15, 0.2) is 0 Å². The molecule has 13 heavy (non-hydrogen) atoms. The van der Waals surface area contributed by atoms with Gasteiger partial charge in [0.25, 0.3) is 0 Å². The largest absolute Gasteiger partial charge is 0.421 e. The lowest BCUT2D eigenvalue weighted by molar-refractivity contribution is -0.209. The standard InChI is InChI=1S/C6H8F3N3O/c1-12-2-3(10)11-5(12)4(13)6(7,8)9/h2,4,13H,10H2,1H3. The molecule has 1 aromatic rings. The molecule has 1 unspecified atom stereocenters. The minimum absolute atomic E-state index is 0.0548. The number of hydrogen-bond acceptors (Lipinski definition) is 3. The van der Waals surface area contributed by atoms with Crippen molar-refractivity contribution in [1.29, 1.82) is 0 Å². The molecule has 4 nitrogen and oxygen atoms in total. The van der Waals surface area contributed by atoms with Crippen LogP contribution in [-0.4, -0.2) is 20.8 Å². The molecule has 7 heteroatoms. The van der Waals surface area contributed by atoms with Crippen LogP contribution in [0.5, 0.6) is 0 Å². The van der Waals surface area contributed by atoms with Gasteiger partial charge in [0.2, 0.25) is 6.10 Å². The summed E-state index contributed by atoms with van der Waals surface area (Å²) in [4.78, 5) is 3.35. The summed E-state index contributed by atoms with van der Waals surface area (Å²) in [6.45, 7) is 0. The molecule has 0 fully saturated rings. The van der Waals surface area contributed by atoms with E-state index in [1.807, 2.05) is 0 Å². The Hall–Kier alpha value is -1.24. The van der Waals surface area contributed by atoms with Crippen LogP contribution in [0.1, 0.15) is 11.9 Å². The fourth-order valence-corrected chi connectivity index (χ4v) is 0.905. The average Bonchev–Trinajstić information content (AvgIpc) is 2.26. The predicted octanol–water partition coefficient (Wildman–Crippen LogP) is 0.598. The van der Waals surface area contributed by atoms with E-state index < -0.39 is 18.1 Å². The fourth-order valence-electron chi connectivity index (χ4n) is 0.905. The number of anilines is 1. The van der Waals surface area contributed by atoms with Gasteiger partial charge >= 0.3 is 6.18 Å². The highest BCUT2D eigenvalue weighted by atomic mass is 19.4. The van der Waals surface area contributed by atoms with E-state index in [0.29, 0.717) is 0 Å². The predicted molar refractivity (Wildman–Crippen MR) is 38.6 cm³/mol. The third-order valence-electron chi connectivity index (χ3n) is 1.49. The minimum atomic E-state index is -4.72. The van der Waals surface area contributed by atoms with E-state index >= 15 is 0 Å². The monoisotopic (exact) mass is 195 g/mol. The van der Waals surface area contributed by atoms with Gasteiger partial charge in [-0.3, -0.25) is 0 Å². The van der Waals surface area contributed by atoms with E-state index in [0.717, 1.165) is 4.57 Å². The summed E-state index contributed by atoms with van der Waals surface area (Å²) in [5, 5.41) is 8.79. The number of nitrogen functional groups attached to an aromatic ring is 1. The van der Waals surface area contributed by atoms with Crippen LogP contribution in [0.2, 0.25) is 0 Å². The molecule has 1 rings (SSSR count). The zero-order valence-electron chi connectivity index (χ0n) is 6.71. The van der Waals surface area contributed by atoms with Crippen molar-refractivity contribution in [2.24, 2.45) is 7.05 Å². The molecule has 0 saturated heterocycles. The first-order chi connectivity index (χ1) is 5.82. The summed E-state index contributed by atoms with van der Waals surface area (Å²) >= 11 is 0. The molecule has 0 radical (unpaired) electrons. The number of imidazole rings is 1. The molecule has 0 aliphatic heterocycles. The maximum Gasteiger partial charge on any atom is 0.421 e. The number of aromatic nitrogens is 2. The van der Waals surface area contributed by atoms with E-state index in [-0.39, 0.29) is 5.82 Å². The second-order valence-electron chi connectivity index (χ2n) is 2.58. The summed E-state index contributed by atoms with van der Waals surface area (Å²) in [6.07, 6.45) is -6.11. The molecular weight excluding hydrogens is 187 g/mol. The molecule has 1 aromatic heterocycles. The number of rotatable bonds is 1. The molecule has 0 bridgehead atoms. The van der Waals surface area contributed by atoms with Gasteiger partial charge in [-0.25, -0.2) is 4.98 Å². The number of halogens is 3. The fraction of sp³-hybridized carbons (Fsp3) is 0.500. The van der Waals surface area contributed by atoms with Crippen molar-refractivity contribution in [1.82, 2.24) is 9.55 Å². The highest BCUT2D eigenvalue weighted by Gasteiger charge is 2.42. The van der Waals surface area contributed by atoms with Crippen LogP contribution in [-0.2, 0) is 7.05 Å². The minimum Gasteiger partial charge on any atom is -0.382 e. The van der Waals surface area contributed by atoms with E-state index in [1.54, 1.807) is 0 Å². The van der Waals surface area contributed by atoms with Gasteiger partial charge in [0, 0.05) is 13.2 Å². The van der Waals surface area contributed by atoms with Crippen LogP contribution >= 0.6 is 0 Å². The van der Waals surface area contributed by atoms with Crippen LogP contribution in [0, 0.1) is 0 Å². The van der Waals surface area contributed by atoms with Crippen molar-refractivity contribution in [3.8, 4) is 0 Å². The Morgan fingerprint density at radius 2 is 2.15 bits per heavy atom. The van der Waals surface area contributed by atoms with Gasteiger partial charge in [-0.15, -0.1) is 0 Å². The Balaban J connectivity index is 3.01. The SMILES string of the molecule is Cn1cc(N)nc1C(O)C(F)(F)F. The number of hydrogen-bond donors (Lipinski definition) is 2. The molecule has 0 aliphatic carbocycles. The molecule has 3 N–H and O–H groups in total. The number of alkyl halides is 3. The van der Waals surface area contributed by atoms with E-state index in [1.165, 1.54) is 13.2 Å². The molecular formula is C6H8F3N3O. The lowest BCUT2D eigenvalue weighted by Gasteiger charge is -2.13.